The van der Waals surface area contributed by atoms with E-state index >= 15 is 0 Å². The van der Waals surface area contributed by atoms with Crippen LogP contribution in [0.4, 0.5) is 0 Å². The molecule has 3 unspecified atom stereocenters. The number of likely N-dealkylation sites (tertiary alicyclic amines) is 1. The molecule has 2 rings (SSSR count). The van der Waals surface area contributed by atoms with Crippen molar-refractivity contribution in [3.05, 3.63) is 0 Å². The summed E-state index contributed by atoms with van der Waals surface area (Å²) in [5, 5.41) is 3.58. The fourth-order valence-corrected chi connectivity index (χ4v) is 3.66. The van der Waals surface area contributed by atoms with Crippen LogP contribution in [0.5, 0.6) is 0 Å². The fourth-order valence-electron chi connectivity index (χ4n) is 3.66. The van der Waals surface area contributed by atoms with Crippen molar-refractivity contribution in [3.63, 3.8) is 0 Å². The fraction of sp³-hybridized carbons (Fsp3) is 1.00. The first kappa shape index (κ1) is 15.3. The van der Waals surface area contributed by atoms with Crippen LogP contribution in [0.3, 0.4) is 0 Å². The molecule has 2 aliphatic heterocycles. The molecular formula is C16H32N2O. The molecule has 3 heteroatoms. The maximum Gasteiger partial charge on any atom is 0.0620 e. The molecule has 2 fully saturated rings. The van der Waals surface area contributed by atoms with Crippen LogP contribution in [0.25, 0.3) is 0 Å². The Morgan fingerprint density at radius 3 is 2.95 bits per heavy atom. The van der Waals surface area contributed by atoms with Crippen LogP contribution in [0.15, 0.2) is 0 Å². The molecule has 3 nitrogen and oxygen atoms in total. The van der Waals surface area contributed by atoms with Crippen molar-refractivity contribution in [1.82, 2.24) is 10.2 Å². The summed E-state index contributed by atoms with van der Waals surface area (Å²) in [5.41, 5.74) is 0. The maximum absolute atomic E-state index is 5.56. The van der Waals surface area contributed by atoms with E-state index in [-0.39, 0.29) is 0 Å². The summed E-state index contributed by atoms with van der Waals surface area (Å²) in [4.78, 5) is 2.71. The molecule has 0 aromatic heterocycles. The summed E-state index contributed by atoms with van der Waals surface area (Å²) in [5.74, 6) is 0.985. The Labute approximate surface area is 119 Å². The van der Waals surface area contributed by atoms with Crippen LogP contribution in [0.2, 0.25) is 0 Å². The van der Waals surface area contributed by atoms with Gasteiger partial charge in [-0.2, -0.15) is 0 Å². The molecule has 0 bridgehead atoms. The Balaban J connectivity index is 1.73. The highest BCUT2D eigenvalue weighted by molar-refractivity contribution is 4.80. The molecule has 0 saturated carbocycles. The van der Waals surface area contributed by atoms with Crippen LogP contribution in [-0.2, 0) is 4.74 Å². The van der Waals surface area contributed by atoms with Crippen LogP contribution in [0, 0.1) is 5.92 Å². The van der Waals surface area contributed by atoms with Gasteiger partial charge < -0.3 is 15.0 Å². The molecule has 0 aliphatic carbocycles. The Morgan fingerprint density at radius 2 is 2.21 bits per heavy atom. The summed E-state index contributed by atoms with van der Waals surface area (Å²) in [6.07, 6.45) is 8.26. The molecule has 112 valence electrons. The van der Waals surface area contributed by atoms with Gasteiger partial charge in [-0.3, -0.25) is 0 Å². The van der Waals surface area contributed by atoms with Crippen molar-refractivity contribution >= 4 is 0 Å². The minimum atomic E-state index is 0.568. The van der Waals surface area contributed by atoms with Gasteiger partial charge in [0.1, 0.15) is 0 Å². The van der Waals surface area contributed by atoms with E-state index in [4.69, 9.17) is 4.74 Å². The molecule has 19 heavy (non-hydrogen) atoms. The Hall–Kier alpha value is -0.120. The van der Waals surface area contributed by atoms with Crippen molar-refractivity contribution < 1.29 is 4.74 Å². The third kappa shape index (κ3) is 5.05. The lowest BCUT2D eigenvalue weighted by atomic mass is 9.96. The van der Waals surface area contributed by atoms with E-state index in [2.05, 4.69) is 24.1 Å². The molecule has 0 amide bonds. The molecule has 2 aliphatic rings. The molecule has 2 saturated heterocycles. The van der Waals surface area contributed by atoms with Gasteiger partial charge >= 0.3 is 0 Å². The monoisotopic (exact) mass is 268 g/mol. The lowest BCUT2D eigenvalue weighted by Gasteiger charge is -2.32. The van der Waals surface area contributed by atoms with Crippen LogP contribution in [0.1, 0.15) is 52.4 Å². The van der Waals surface area contributed by atoms with E-state index in [0.717, 1.165) is 25.7 Å². The second kappa shape index (κ2) is 8.23. The third-order valence-electron chi connectivity index (χ3n) is 4.83. The average molecular weight is 268 g/mol. The van der Waals surface area contributed by atoms with Crippen LogP contribution < -0.4 is 5.32 Å². The molecule has 0 aromatic rings. The number of hydrogen-bond acceptors (Lipinski definition) is 3. The van der Waals surface area contributed by atoms with Crippen molar-refractivity contribution in [2.24, 2.45) is 5.92 Å². The van der Waals surface area contributed by atoms with Crippen molar-refractivity contribution in [2.45, 2.75) is 64.5 Å². The second-order valence-corrected chi connectivity index (χ2v) is 6.43. The Morgan fingerprint density at radius 1 is 1.32 bits per heavy atom. The number of nitrogens with zero attached hydrogens (tertiary/aromatic N) is 1. The van der Waals surface area contributed by atoms with Crippen molar-refractivity contribution in [1.29, 1.82) is 0 Å². The van der Waals surface area contributed by atoms with Gasteiger partial charge in [-0.05, 0) is 51.6 Å². The quantitative estimate of drug-likeness (QED) is 0.829. The highest BCUT2D eigenvalue weighted by Gasteiger charge is 2.23. The number of hydrogen-bond donors (Lipinski definition) is 1. The number of rotatable bonds is 5. The van der Waals surface area contributed by atoms with Crippen molar-refractivity contribution in [3.8, 4) is 0 Å². The minimum absolute atomic E-state index is 0.568. The van der Waals surface area contributed by atoms with Gasteiger partial charge in [0.2, 0.25) is 0 Å². The topological polar surface area (TPSA) is 24.5 Å². The maximum atomic E-state index is 5.56. The lowest BCUT2D eigenvalue weighted by molar-refractivity contribution is 0.0621. The lowest BCUT2D eigenvalue weighted by Crippen LogP contribution is -2.46. The smallest absolute Gasteiger partial charge is 0.0620 e. The van der Waals surface area contributed by atoms with Gasteiger partial charge in [0.05, 0.1) is 13.2 Å². The van der Waals surface area contributed by atoms with Crippen LogP contribution in [-0.4, -0.2) is 49.8 Å². The standard InChI is InChI=1S/C16H32N2O/c1-3-5-15-6-4-9-18(10-7-15)14(2)12-16-13-19-11-8-17-16/h14-17H,3-13H2,1-2H3. The highest BCUT2D eigenvalue weighted by Crippen LogP contribution is 2.23. The first-order valence-corrected chi connectivity index (χ1v) is 8.34. The molecule has 0 aromatic carbocycles. The molecule has 3 atom stereocenters. The minimum Gasteiger partial charge on any atom is -0.379 e. The molecule has 0 spiro atoms. The number of ether oxygens (including phenoxy) is 1. The zero-order valence-corrected chi connectivity index (χ0v) is 12.9. The first-order valence-electron chi connectivity index (χ1n) is 8.34. The van der Waals surface area contributed by atoms with Crippen LogP contribution >= 0.6 is 0 Å². The van der Waals surface area contributed by atoms with E-state index in [1.54, 1.807) is 0 Å². The van der Waals surface area contributed by atoms with Gasteiger partial charge in [-0.1, -0.05) is 19.8 Å². The summed E-state index contributed by atoms with van der Waals surface area (Å²) >= 11 is 0. The van der Waals surface area contributed by atoms with E-state index in [9.17, 15) is 0 Å². The number of nitrogens with one attached hydrogen (secondary N) is 1. The van der Waals surface area contributed by atoms with Gasteiger partial charge in [0.15, 0.2) is 0 Å². The summed E-state index contributed by atoms with van der Waals surface area (Å²) in [7, 11) is 0. The molecule has 2 heterocycles. The zero-order valence-electron chi connectivity index (χ0n) is 12.9. The third-order valence-corrected chi connectivity index (χ3v) is 4.83. The van der Waals surface area contributed by atoms with E-state index in [1.807, 2.05) is 0 Å². The first-order chi connectivity index (χ1) is 9.29. The zero-order chi connectivity index (χ0) is 13.5. The van der Waals surface area contributed by atoms with E-state index in [0.29, 0.717) is 12.1 Å². The SMILES string of the molecule is CCCC1CCCN(C(C)CC2COCCN2)CC1. The van der Waals surface area contributed by atoms with Crippen molar-refractivity contribution in [2.75, 3.05) is 32.8 Å². The highest BCUT2D eigenvalue weighted by atomic mass is 16.5. The second-order valence-electron chi connectivity index (χ2n) is 6.43. The largest absolute Gasteiger partial charge is 0.379 e. The number of morpholine rings is 1. The predicted molar refractivity (Wildman–Crippen MR) is 80.5 cm³/mol. The molecular weight excluding hydrogens is 236 g/mol. The van der Waals surface area contributed by atoms with Gasteiger partial charge in [-0.25, -0.2) is 0 Å². The van der Waals surface area contributed by atoms with E-state index < -0.39 is 0 Å². The molecule has 1 N–H and O–H groups in total. The summed E-state index contributed by atoms with van der Waals surface area (Å²) < 4.78 is 5.56. The Kier molecular flexibility index (Phi) is 6.62. The van der Waals surface area contributed by atoms with Gasteiger partial charge in [0.25, 0.3) is 0 Å². The predicted octanol–water partition coefficient (Wildman–Crippen LogP) is 2.66. The molecule has 0 radical (unpaired) electrons. The summed E-state index contributed by atoms with van der Waals surface area (Å²) in [6, 6.07) is 1.26. The Bertz CT molecular complexity index is 241. The van der Waals surface area contributed by atoms with E-state index in [1.165, 1.54) is 51.6 Å². The normalized spacial score (nSPS) is 31.9. The average Bonchev–Trinajstić information content (AvgIpc) is 2.66. The van der Waals surface area contributed by atoms with Gasteiger partial charge in [0, 0.05) is 18.6 Å². The summed E-state index contributed by atoms with van der Waals surface area (Å²) in [6.45, 7) is 10.1. The van der Waals surface area contributed by atoms with Gasteiger partial charge in [-0.15, -0.1) is 0 Å².